The third-order valence-electron chi connectivity index (χ3n) is 4.15. The van der Waals surface area contributed by atoms with Crippen molar-refractivity contribution in [1.82, 2.24) is 0 Å². The minimum atomic E-state index is -0.431. The summed E-state index contributed by atoms with van der Waals surface area (Å²) in [5.74, 6) is 0.816. The van der Waals surface area contributed by atoms with E-state index in [1.54, 1.807) is 0 Å². The van der Waals surface area contributed by atoms with Crippen LogP contribution in [0.2, 0.25) is 0 Å². The third kappa shape index (κ3) is 7.49. The molecular formula is C23H29NO5. The van der Waals surface area contributed by atoms with Crippen molar-refractivity contribution in [3.63, 3.8) is 0 Å². The molecule has 0 bridgehead atoms. The molecule has 0 aliphatic heterocycles. The SMILES string of the molecule is CCOc1ccccc1OCCCC(=O)OCC(=O)Nc1ccccc1C(C)C. The number of hydrogen-bond donors (Lipinski definition) is 1. The van der Waals surface area contributed by atoms with Crippen molar-refractivity contribution in [2.45, 2.75) is 39.5 Å². The number of ether oxygens (including phenoxy) is 3. The highest BCUT2D eigenvalue weighted by molar-refractivity contribution is 5.93. The molecule has 0 aliphatic rings. The number of anilines is 1. The summed E-state index contributed by atoms with van der Waals surface area (Å²) in [5, 5.41) is 2.80. The van der Waals surface area contributed by atoms with Gasteiger partial charge in [-0.15, -0.1) is 0 Å². The van der Waals surface area contributed by atoms with Crippen LogP contribution in [-0.2, 0) is 14.3 Å². The van der Waals surface area contributed by atoms with Crippen LogP contribution in [0.5, 0.6) is 11.5 Å². The molecule has 2 rings (SSSR count). The van der Waals surface area contributed by atoms with Crippen LogP contribution in [0.3, 0.4) is 0 Å². The molecular weight excluding hydrogens is 370 g/mol. The number of carbonyl (C=O) groups is 2. The van der Waals surface area contributed by atoms with E-state index < -0.39 is 5.97 Å². The van der Waals surface area contributed by atoms with Gasteiger partial charge in [0, 0.05) is 12.1 Å². The average Bonchev–Trinajstić information content (AvgIpc) is 2.71. The summed E-state index contributed by atoms with van der Waals surface area (Å²) in [6.07, 6.45) is 0.657. The molecule has 156 valence electrons. The van der Waals surface area contributed by atoms with Crippen molar-refractivity contribution in [2.24, 2.45) is 0 Å². The maximum Gasteiger partial charge on any atom is 0.306 e. The number of carbonyl (C=O) groups excluding carboxylic acids is 2. The van der Waals surface area contributed by atoms with Gasteiger partial charge in [0.25, 0.3) is 5.91 Å². The number of rotatable bonds is 11. The third-order valence-corrected chi connectivity index (χ3v) is 4.15. The zero-order valence-corrected chi connectivity index (χ0v) is 17.3. The van der Waals surface area contributed by atoms with Crippen molar-refractivity contribution in [3.05, 3.63) is 54.1 Å². The van der Waals surface area contributed by atoms with E-state index in [1.807, 2.05) is 55.5 Å². The second-order valence-corrected chi connectivity index (χ2v) is 6.78. The number of amides is 1. The van der Waals surface area contributed by atoms with Gasteiger partial charge in [-0.05, 0) is 43.0 Å². The molecule has 29 heavy (non-hydrogen) atoms. The van der Waals surface area contributed by atoms with E-state index in [0.717, 1.165) is 11.3 Å². The Morgan fingerprint density at radius 3 is 2.31 bits per heavy atom. The quantitative estimate of drug-likeness (QED) is 0.443. The van der Waals surface area contributed by atoms with E-state index >= 15 is 0 Å². The first kappa shape index (κ1) is 22.3. The Morgan fingerprint density at radius 2 is 1.62 bits per heavy atom. The minimum absolute atomic E-state index is 0.173. The van der Waals surface area contributed by atoms with E-state index in [9.17, 15) is 9.59 Å². The molecule has 0 heterocycles. The summed E-state index contributed by atoms with van der Waals surface area (Å²) >= 11 is 0. The monoisotopic (exact) mass is 399 g/mol. The zero-order chi connectivity index (χ0) is 21.1. The fourth-order valence-corrected chi connectivity index (χ4v) is 2.76. The van der Waals surface area contributed by atoms with Crippen LogP contribution in [-0.4, -0.2) is 31.7 Å². The molecule has 6 nitrogen and oxygen atoms in total. The maximum absolute atomic E-state index is 12.1. The first-order valence-corrected chi connectivity index (χ1v) is 9.90. The van der Waals surface area contributed by atoms with Crippen LogP contribution in [0, 0.1) is 0 Å². The lowest BCUT2D eigenvalue weighted by Gasteiger charge is -2.13. The summed E-state index contributed by atoms with van der Waals surface area (Å²) in [6.45, 7) is 6.62. The molecule has 0 saturated heterocycles. The van der Waals surface area contributed by atoms with E-state index in [1.165, 1.54) is 0 Å². The van der Waals surface area contributed by atoms with Gasteiger partial charge in [0.05, 0.1) is 13.2 Å². The van der Waals surface area contributed by atoms with Gasteiger partial charge in [-0.3, -0.25) is 9.59 Å². The predicted octanol–water partition coefficient (Wildman–Crippen LogP) is 4.55. The lowest BCUT2D eigenvalue weighted by Crippen LogP contribution is -2.21. The summed E-state index contributed by atoms with van der Waals surface area (Å²) < 4.78 is 16.2. The Kier molecular flexibility index (Phi) is 9.02. The van der Waals surface area contributed by atoms with Crippen molar-refractivity contribution in [2.75, 3.05) is 25.1 Å². The van der Waals surface area contributed by atoms with Crippen LogP contribution in [0.15, 0.2) is 48.5 Å². The summed E-state index contributed by atoms with van der Waals surface area (Å²) in [6, 6.07) is 15.0. The van der Waals surface area contributed by atoms with Gasteiger partial charge in [0.1, 0.15) is 0 Å². The standard InChI is InChI=1S/C23H29NO5/c1-4-27-20-12-7-8-13-21(20)28-15-9-14-23(26)29-16-22(25)24-19-11-6-5-10-18(19)17(2)3/h5-8,10-13,17H,4,9,14-16H2,1-3H3,(H,24,25). The normalized spacial score (nSPS) is 10.5. The molecule has 1 N–H and O–H groups in total. The molecule has 0 fully saturated rings. The molecule has 1 amide bonds. The predicted molar refractivity (Wildman–Crippen MR) is 112 cm³/mol. The van der Waals surface area contributed by atoms with E-state index in [-0.39, 0.29) is 24.9 Å². The Labute approximate surface area is 172 Å². The van der Waals surface area contributed by atoms with Gasteiger partial charge in [-0.25, -0.2) is 0 Å². The fourth-order valence-electron chi connectivity index (χ4n) is 2.76. The molecule has 0 unspecified atom stereocenters. The minimum Gasteiger partial charge on any atom is -0.490 e. The summed E-state index contributed by atoms with van der Waals surface area (Å²) in [7, 11) is 0. The van der Waals surface area contributed by atoms with Crippen LogP contribution >= 0.6 is 0 Å². The smallest absolute Gasteiger partial charge is 0.306 e. The molecule has 0 atom stereocenters. The number of benzene rings is 2. The van der Waals surface area contributed by atoms with Crippen molar-refractivity contribution >= 4 is 17.6 Å². The molecule has 2 aromatic carbocycles. The number of nitrogens with one attached hydrogen (secondary N) is 1. The highest BCUT2D eigenvalue weighted by Crippen LogP contribution is 2.26. The molecule has 0 radical (unpaired) electrons. The van der Waals surface area contributed by atoms with Crippen LogP contribution < -0.4 is 14.8 Å². The Bertz CT molecular complexity index is 803. The van der Waals surface area contributed by atoms with Crippen LogP contribution in [0.25, 0.3) is 0 Å². The van der Waals surface area contributed by atoms with Gasteiger partial charge in [-0.2, -0.15) is 0 Å². The summed E-state index contributed by atoms with van der Waals surface area (Å²) in [5.41, 5.74) is 1.78. The lowest BCUT2D eigenvalue weighted by atomic mass is 10.0. The van der Waals surface area contributed by atoms with Crippen molar-refractivity contribution in [3.8, 4) is 11.5 Å². The van der Waals surface area contributed by atoms with Gasteiger partial charge < -0.3 is 19.5 Å². The fraction of sp³-hybridized carbons (Fsp3) is 0.391. The van der Waals surface area contributed by atoms with E-state index in [0.29, 0.717) is 31.1 Å². The highest BCUT2D eigenvalue weighted by Gasteiger charge is 2.12. The molecule has 0 spiro atoms. The van der Waals surface area contributed by atoms with Gasteiger partial charge in [0.2, 0.25) is 0 Å². The van der Waals surface area contributed by atoms with Crippen LogP contribution in [0.1, 0.15) is 45.1 Å². The maximum atomic E-state index is 12.1. The largest absolute Gasteiger partial charge is 0.490 e. The van der Waals surface area contributed by atoms with E-state index in [2.05, 4.69) is 19.2 Å². The molecule has 0 saturated carbocycles. The van der Waals surface area contributed by atoms with Crippen molar-refractivity contribution in [1.29, 1.82) is 0 Å². The highest BCUT2D eigenvalue weighted by atomic mass is 16.5. The van der Waals surface area contributed by atoms with Crippen LogP contribution in [0.4, 0.5) is 5.69 Å². The molecule has 6 heteroatoms. The van der Waals surface area contributed by atoms with Crippen molar-refractivity contribution < 1.29 is 23.8 Å². The number of esters is 1. The van der Waals surface area contributed by atoms with Gasteiger partial charge >= 0.3 is 5.97 Å². The number of para-hydroxylation sites is 3. The topological polar surface area (TPSA) is 73.9 Å². The first-order valence-electron chi connectivity index (χ1n) is 9.90. The lowest BCUT2D eigenvalue weighted by molar-refractivity contribution is -0.147. The second kappa shape index (κ2) is 11.7. The Hall–Kier alpha value is -3.02. The molecule has 2 aromatic rings. The zero-order valence-electron chi connectivity index (χ0n) is 17.3. The Balaban J connectivity index is 1.69. The second-order valence-electron chi connectivity index (χ2n) is 6.78. The van der Waals surface area contributed by atoms with E-state index in [4.69, 9.17) is 14.2 Å². The van der Waals surface area contributed by atoms with Gasteiger partial charge in [0.15, 0.2) is 18.1 Å². The average molecular weight is 399 g/mol. The summed E-state index contributed by atoms with van der Waals surface area (Å²) in [4.78, 5) is 24.0. The van der Waals surface area contributed by atoms with Gasteiger partial charge in [-0.1, -0.05) is 44.2 Å². The molecule has 0 aromatic heterocycles. The number of hydrogen-bond acceptors (Lipinski definition) is 5. The molecule has 0 aliphatic carbocycles. The Morgan fingerprint density at radius 1 is 0.966 bits per heavy atom. The first-order chi connectivity index (χ1) is 14.0.